The molecular formula is C14H17F2NO3. The maximum absolute atomic E-state index is 12.2. The lowest BCUT2D eigenvalue weighted by atomic mass is 10.2. The molecule has 0 bridgehead atoms. The highest BCUT2D eigenvalue weighted by atomic mass is 19.3. The van der Waals surface area contributed by atoms with Crippen LogP contribution in [0.15, 0.2) is 18.2 Å². The third-order valence-corrected chi connectivity index (χ3v) is 3.36. The van der Waals surface area contributed by atoms with Crippen LogP contribution in [0, 0.1) is 11.8 Å². The van der Waals surface area contributed by atoms with Crippen molar-refractivity contribution >= 4 is 5.91 Å². The summed E-state index contributed by atoms with van der Waals surface area (Å²) in [7, 11) is 1.38. The van der Waals surface area contributed by atoms with Crippen molar-refractivity contribution in [1.82, 2.24) is 5.32 Å². The van der Waals surface area contributed by atoms with E-state index in [1.807, 2.05) is 6.92 Å². The third kappa shape index (κ3) is 3.59. The van der Waals surface area contributed by atoms with Crippen LogP contribution in [0.4, 0.5) is 8.78 Å². The van der Waals surface area contributed by atoms with Gasteiger partial charge in [0, 0.05) is 12.5 Å². The number of nitrogens with one attached hydrogen (secondary N) is 1. The van der Waals surface area contributed by atoms with Crippen LogP contribution in [0.2, 0.25) is 0 Å². The first kappa shape index (κ1) is 14.6. The Balaban J connectivity index is 1.96. The highest BCUT2D eigenvalue weighted by Crippen LogP contribution is 2.37. The van der Waals surface area contributed by atoms with Crippen LogP contribution in [0.5, 0.6) is 11.5 Å². The second-order valence-corrected chi connectivity index (χ2v) is 4.90. The lowest BCUT2D eigenvalue weighted by molar-refractivity contribution is -0.122. The van der Waals surface area contributed by atoms with E-state index >= 15 is 0 Å². The van der Waals surface area contributed by atoms with E-state index in [1.54, 1.807) is 12.1 Å². The van der Waals surface area contributed by atoms with Gasteiger partial charge in [0.15, 0.2) is 11.5 Å². The molecule has 0 radical (unpaired) electrons. The molecule has 0 aliphatic heterocycles. The summed E-state index contributed by atoms with van der Waals surface area (Å²) in [5.41, 5.74) is 0.769. The first-order valence-corrected chi connectivity index (χ1v) is 6.40. The van der Waals surface area contributed by atoms with Gasteiger partial charge in [-0.3, -0.25) is 4.79 Å². The van der Waals surface area contributed by atoms with Crippen molar-refractivity contribution in [2.24, 2.45) is 11.8 Å². The Morgan fingerprint density at radius 1 is 1.45 bits per heavy atom. The maximum atomic E-state index is 12.2. The van der Waals surface area contributed by atoms with Gasteiger partial charge in [0.05, 0.1) is 7.11 Å². The Morgan fingerprint density at radius 2 is 2.15 bits per heavy atom. The number of carbonyl (C=O) groups is 1. The molecule has 0 heterocycles. The molecule has 2 atom stereocenters. The van der Waals surface area contributed by atoms with Gasteiger partial charge in [-0.25, -0.2) is 0 Å². The Bertz CT molecular complexity index is 493. The van der Waals surface area contributed by atoms with Gasteiger partial charge in [-0.1, -0.05) is 13.0 Å². The van der Waals surface area contributed by atoms with Crippen molar-refractivity contribution < 1.29 is 23.0 Å². The maximum Gasteiger partial charge on any atom is 0.387 e. The Kier molecular flexibility index (Phi) is 4.42. The molecule has 0 spiro atoms. The minimum absolute atomic E-state index is 0.0200. The first-order valence-electron chi connectivity index (χ1n) is 6.40. The Morgan fingerprint density at radius 3 is 2.70 bits per heavy atom. The van der Waals surface area contributed by atoms with E-state index in [2.05, 4.69) is 10.1 Å². The lowest BCUT2D eigenvalue weighted by Crippen LogP contribution is -2.24. The summed E-state index contributed by atoms with van der Waals surface area (Å²) >= 11 is 0. The Labute approximate surface area is 116 Å². The fourth-order valence-corrected chi connectivity index (χ4v) is 2.02. The van der Waals surface area contributed by atoms with Gasteiger partial charge in [0.25, 0.3) is 0 Å². The Hall–Kier alpha value is -1.85. The van der Waals surface area contributed by atoms with Gasteiger partial charge >= 0.3 is 6.61 Å². The summed E-state index contributed by atoms with van der Waals surface area (Å²) in [6, 6.07) is 4.61. The summed E-state index contributed by atoms with van der Waals surface area (Å²) in [4.78, 5) is 11.7. The summed E-state index contributed by atoms with van der Waals surface area (Å²) in [5, 5.41) is 2.82. The predicted octanol–water partition coefficient (Wildman–Crippen LogP) is 2.57. The number of methoxy groups -OCH3 is 1. The first-order chi connectivity index (χ1) is 9.51. The molecule has 0 unspecified atom stereocenters. The van der Waals surface area contributed by atoms with Crippen molar-refractivity contribution in [2.75, 3.05) is 7.11 Å². The molecule has 1 fully saturated rings. The number of alkyl halides is 2. The van der Waals surface area contributed by atoms with Crippen molar-refractivity contribution in [3.63, 3.8) is 0 Å². The number of halogens is 2. The molecule has 1 aromatic rings. The van der Waals surface area contributed by atoms with Gasteiger partial charge in [-0.05, 0) is 30.0 Å². The fraction of sp³-hybridized carbons (Fsp3) is 0.500. The molecule has 2 rings (SSSR count). The molecule has 0 aromatic heterocycles. The third-order valence-electron chi connectivity index (χ3n) is 3.36. The molecule has 1 aliphatic carbocycles. The summed E-state index contributed by atoms with van der Waals surface area (Å²) < 4.78 is 33.7. The van der Waals surface area contributed by atoms with E-state index in [0.29, 0.717) is 12.5 Å². The van der Waals surface area contributed by atoms with Crippen molar-refractivity contribution in [1.29, 1.82) is 0 Å². The van der Waals surface area contributed by atoms with E-state index in [-0.39, 0.29) is 23.3 Å². The van der Waals surface area contributed by atoms with E-state index in [1.165, 1.54) is 13.2 Å². The number of hydrogen-bond donors (Lipinski definition) is 1. The zero-order valence-corrected chi connectivity index (χ0v) is 11.4. The number of hydrogen-bond acceptors (Lipinski definition) is 3. The van der Waals surface area contributed by atoms with Crippen molar-refractivity contribution in [3.8, 4) is 11.5 Å². The molecule has 1 aromatic carbocycles. The molecule has 0 saturated heterocycles. The molecule has 20 heavy (non-hydrogen) atoms. The van der Waals surface area contributed by atoms with E-state index in [4.69, 9.17) is 4.74 Å². The molecule has 1 saturated carbocycles. The van der Waals surface area contributed by atoms with E-state index < -0.39 is 6.61 Å². The van der Waals surface area contributed by atoms with Crippen LogP contribution >= 0.6 is 0 Å². The summed E-state index contributed by atoms with van der Waals surface area (Å²) in [5.74, 6) is 0.791. The monoisotopic (exact) mass is 285 g/mol. The smallest absolute Gasteiger partial charge is 0.387 e. The summed E-state index contributed by atoms with van der Waals surface area (Å²) in [6.07, 6.45) is 0.927. The normalized spacial score (nSPS) is 20.6. The van der Waals surface area contributed by atoms with Gasteiger partial charge in [0.2, 0.25) is 5.91 Å². The number of rotatable bonds is 6. The molecule has 110 valence electrons. The number of carbonyl (C=O) groups excluding carboxylic acids is 1. The number of amides is 1. The fourth-order valence-electron chi connectivity index (χ4n) is 2.02. The quantitative estimate of drug-likeness (QED) is 0.874. The van der Waals surface area contributed by atoms with Crippen molar-refractivity contribution in [3.05, 3.63) is 23.8 Å². The van der Waals surface area contributed by atoms with Gasteiger partial charge in [0.1, 0.15) is 0 Å². The number of benzene rings is 1. The largest absolute Gasteiger partial charge is 0.493 e. The summed E-state index contributed by atoms with van der Waals surface area (Å²) in [6.45, 7) is -0.525. The predicted molar refractivity (Wildman–Crippen MR) is 68.7 cm³/mol. The van der Waals surface area contributed by atoms with Crippen LogP contribution in [0.3, 0.4) is 0 Å². The van der Waals surface area contributed by atoms with E-state index in [9.17, 15) is 13.6 Å². The minimum Gasteiger partial charge on any atom is -0.493 e. The average molecular weight is 285 g/mol. The van der Waals surface area contributed by atoms with Gasteiger partial charge in [-0.2, -0.15) is 8.78 Å². The van der Waals surface area contributed by atoms with Crippen LogP contribution in [0.25, 0.3) is 0 Å². The highest BCUT2D eigenvalue weighted by molar-refractivity contribution is 5.81. The molecule has 1 aliphatic rings. The van der Waals surface area contributed by atoms with Crippen LogP contribution in [-0.4, -0.2) is 19.6 Å². The highest BCUT2D eigenvalue weighted by Gasteiger charge is 2.38. The van der Waals surface area contributed by atoms with Crippen LogP contribution in [0.1, 0.15) is 18.9 Å². The second-order valence-electron chi connectivity index (χ2n) is 4.90. The standard InChI is InChI=1S/C14H17F2NO3/c1-8-5-10(8)13(18)17-7-9-3-4-11(20-14(15)16)12(6-9)19-2/h3-4,6,8,10,14H,5,7H2,1-2H3,(H,17,18)/t8-,10-/m1/s1. The molecule has 6 heteroatoms. The molecule has 1 N–H and O–H groups in total. The zero-order chi connectivity index (χ0) is 14.7. The lowest BCUT2D eigenvalue weighted by Gasteiger charge is -2.12. The number of ether oxygens (including phenoxy) is 2. The zero-order valence-electron chi connectivity index (χ0n) is 11.4. The van der Waals surface area contributed by atoms with Gasteiger partial charge < -0.3 is 14.8 Å². The van der Waals surface area contributed by atoms with Crippen LogP contribution < -0.4 is 14.8 Å². The van der Waals surface area contributed by atoms with E-state index in [0.717, 1.165) is 12.0 Å². The SMILES string of the molecule is COc1cc(CNC(=O)[C@@H]2C[C@H]2C)ccc1OC(F)F. The van der Waals surface area contributed by atoms with Gasteiger partial charge in [-0.15, -0.1) is 0 Å². The van der Waals surface area contributed by atoms with Crippen molar-refractivity contribution in [2.45, 2.75) is 26.5 Å². The topological polar surface area (TPSA) is 47.6 Å². The average Bonchev–Trinajstić information content (AvgIpc) is 3.13. The minimum atomic E-state index is -2.90. The molecule has 1 amide bonds. The van der Waals surface area contributed by atoms with Crippen LogP contribution in [-0.2, 0) is 11.3 Å². The molecule has 4 nitrogen and oxygen atoms in total. The molecular weight excluding hydrogens is 268 g/mol. The second kappa shape index (κ2) is 6.07.